The normalized spacial score (nSPS) is 11.4. The first-order valence-corrected chi connectivity index (χ1v) is 7.11. The summed E-state index contributed by atoms with van der Waals surface area (Å²) in [6, 6.07) is 12.1. The predicted octanol–water partition coefficient (Wildman–Crippen LogP) is 2.46. The van der Waals surface area contributed by atoms with E-state index in [9.17, 15) is 20.0 Å². The van der Waals surface area contributed by atoms with Crippen molar-refractivity contribution in [3.05, 3.63) is 64.2 Å². The molecule has 1 atom stereocenters. The van der Waals surface area contributed by atoms with Crippen molar-refractivity contribution in [1.82, 2.24) is 5.32 Å². The minimum Gasteiger partial charge on any atom is -0.495 e. The van der Waals surface area contributed by atoms with Gasteiger partial charge in [-0.05, 0) is 11.6 Å². The highest BCUT2D eigenvalue weighted by Crippen LogP contribution is 2.28. The number of ether oxygens (including phenoxy) is 1. The summed E-state index contributed by atoms with van der Waals surface area (Å²) in [7, 11) is 1.39. The fourth-order valence-electron chi connectivity index (χ4n) is 2.06. The Morgan fingerprint density at radius 1 is 1.29 bits per heavy atom. The first-order chi connectivity index (χ1) is 11.5. The number of rotatable bonds is 6. The number of aliphatic hydroxyl groups excluding tert-OH is 1. The van der Waals surface area contributed by atoms with Gasteiger partial charge in [0.2, 0.25) is 0 Å². The van der Waals surface area contributed by atoms with Crippen molar-refractivity contribution in [3.63, 3.8) is 0 Å². The molecule has 0 unspecified atom stereocenters. The Hall–Kier alpha value is -3.13. The smallest absolute Gasteiger partial charge is 0.319 e. The quantitative estimate of drug-likeness (QED) is 0.556. The number of nitrogens with one attached hydrogen (secondary N) is 2. The van der Waals surface area contributed by atoms with Gasteiger partial charge in [-0.3, -0.25) is 10.1 Å². The molecule has 0 heterocycles. The third-order valence-electron chi connectivity index (χ3n) is 3.28. The molecule has 0 aliphatic carbocycles. The van der Waals surface area contributed by atoms with E-state index in [1.54, 1.807) is 24.3 Å². The number of nitro groups is 1. The zero-order valence-corrected chi connectivity index (χ0v) is 12.9. The minimum absolute atomic E-state index is 0.00686. The number of carbonyl (C=O) groups is 1. The molecule has 2 rings (SSSR count). The summed E-state index contributed by atoms with van der Waals surface area (Å²) in [5, 5.41) is 25.8. The standard InChI is InChI=1S/C16H17N3O5/c1-24-15-8-7-12(19(22)23)9-13(15)18-16(21)17-10-14(20)11-5-3-2-4-6-11/h2-9,14,20H,10H2,1H3,(H2,17,18,21)/t14-/m1/s1. The second kappa shape index (κ2) is 7.93. The molecule has 0 radical (unpaired) electrons. The van der Waals surface area contributed by atoms with Gasteiger partial charge in [-0.2, -0.15) is 0 Å². The highest BCUT2D eigenvalue weighted by Gasteiger charge is 2.14. The number of non-ortho nitro benzene ring substituents is 1. The van der Waals surface area contributed by atoms with E-state index < -0.39 is 17.1 Å². The Kier molecular flexibility index (Phi) is 5.69. The van der Waals surface area contributed by atoms with Gasteiger partial charge in [-0.15, -0.1) is 0 Å². The topological polar surface area (TPSA) is 114 Å². The van der Waals surface area contributed by atoms with Crippen molar-refractivity contribution >= 4 is 17.4 Å². The van der Waals surface area contributed by atoms with E-state index in [2.05, 4.69) is 10.6 Å². The fourth-order valence-corrected chi connectivity index (χ4v) is 2.06. The van der Waals surface area contributed by atoms with Gasteiger partial charge in [-0.25, -0.2) is 4.79 Å². The van der Waals surface area contributed by atoms with Crippen LogP contribution in [0, 0.1) is 10.1 Å². The number of amides is 2. The second-order valence-electron chi connectivity index (χ2n) is 4.90. The lowest BCUT2D eigenvalue weighted by Gasteiger charge is -2.14. The van der Waals surface area contributed by atoms with Crippen molar-refractivity contribution in [1.29, 1.82) is 0 Å². The summed E-state index contributed by atoms with van der Waals surface area (Å²) in [5.41, 5.74) is 0.666. The lowest BCUT2D eigenvalue weighted by Crippen LogP contribution is -2.32. The van der Waals surface area contributed by atoms with Gasteiger partial charge in [0.1, 0.15) is 5.75 Å². The van der Waals surface area contributed by atoms with Gasteiger partial charge >= 0.3 is 6.03 Å². The van der Waals surface area contributed by atoms with Crippen LogP contribution >= 0.6 is 0 Å². The van der Waals surface area contributed by atoms with Gasteiger partial charge in [-0.1, -0.05) is 30.3 Å². The van der Waals surface area contributed by atoms with Crippen LogP contribution in [0.5, 0.6) is 5.75 Å². The summed E-state index contributed by atoms with van der Waals surface area (Å²) < 4.78 is 5.06. The highest BCUT2D eigenvalue weighted by atomic mass is 16.6. The maximum atomic E-state index is 11.9. The molecule has 0 fully saturated rings. The average molecular weight is 331 g/mol. The molecular formula is C16H17N3O5. The van der Waals surface area contributed by atoms with Crippen molar-refractivity contribution in [2.24, 2.45) is 0 Å². The number of nitrogens with zero attached hydrogens (tertiary/aromatic N) is 1. The van der Waals surface area contributed by atoms with Crippen LogP contribution in [0.2, 0.25) is 0 Å². The van der Waals surface area contributed by atoms with E-state index in [-0.39, 0.29) is 17.9 Å². The van der Waals surface area contributed by atoms with Gasteiger partial charge in [0.15, 0.2) is 0 Å². The molecule has 0 bridgehead atoms. The Labute approximate surface area is 138 Å². The number of hydrogen-bond donors (Lipinski definition) is 3. The average Bonchev–Trinajstić information content (AvgIpc) is 2.60. The number of methoxy groups -OCH3 is 1. The Bertz CT molecular complexity index is 721. The van der Waals surface area contributed by atoms with Crippen molar-refractivity contribution in [3.8, 4) is 5.75 Å². The predicted molar refractivity (Wildman–Crippen MR) is 88.1 cm³/mol. The first-order valence-electron chi connectivity index (χ1n) is 7.11. The molecule has 24 heavy (non-hydrogen) atoms. The van der Waals surface area contributed by atoms with Gasteiger partial charge in [0, 0.05) is 18.7 Å². The van der Waals surface area contributed by atoms with Crippen molar-refractivity contribution in [2.75, 3.05) is 19.0 Å². The number of benzene rings is 2. The molecule has 2 amide bonds. The SMILES string of the molecule is COc1ccc([N+](=O)[O-])cc1NC(=O)NC[C@@H](O)c1ccccc1. The molecule has 0 aliphatic heterocycles. The van der Waals surface area contributed by atoms with Crippen LogP contribution in [0.4, 0.5) is 16.2 Å². The number of anilines is 1. The summed E-state index contributed by atoms with van der Waals surface area (Å²) in [6.07, 6.45) is -0.857. The van der Waals surface area contributed by atoms with Gasteiger partial charge < -0.3 is 20.5 Å². The summed E-state index contributed by atoms with van der Waals surface area (Å²) >= 11 is 0. The van der Waals surface area contributed by atoms with Crippen LogP contribution < -0.4 is 15.4 Å². The molecule has 0 aromatic heterocycles. The zero-order chi connectivity index (χ0) is 17.5. The van der Waals surface area contributed by atoms with Crippen molar-refractivity contribution in [2.45, 2.75) is 6.10 Å². The van der Waals surface area contributed by atoms with E-state index in [1.807, 2.05) is 6.07 Å². The van der Waals surface area contributed by atoms with E-state index in [1.165, 1.54) is 25.3 Å². The molecule has 0 aliphatic rings. The van der Waals surface area contributed by atoms with Gasteiger partial charge in [0.25, 0.3) is 5.69 Å². The first kappa shape index (κ1) is 17.2. The molecule has 0 saturated carbocycles. The largest absolute Gasteiger partial charge is 0.495 e. The number of hydrogen-bond acceptors (Lipinski definition) is 5. The lowest BCUT2D eigenvalue weighted by atomic mass is 10.1. The third kappa shape index (κ3) is 4.43. The molecule has 8 heteroatoms. The summed E-state index contributed by atoms with van der Waals surface area (Å²) in [5.74, 6) is 0.291. The van der Waals surface area contributed by atoms with Crippen molar-refractivity contribution < 1.29 is 19.6 Å². The molecule has 0 saturated heterocycles. The zero-order valence-electron chi connectivity index (χ0n) is 12.9. The molecular weight excluding hydrogens is 314 g/mol. The van der Waals surface area contributed by atoms with Crippen LogP contribution in [-0.2, 0) is 0 Å². The maximum absolute atomic E-state index is 11.9. The van der Waals surface area contributed by atoms with Crippen LogP contribution in [0.1, 0.15) is 11.7 Å². The molecule has 126 valence electrons. The van der Waals surface area contributed by atoms with E-state index in [0.29, 0.717) is 11.3 Å². The second-order valence-corrected chi connectivity index (χ2v) is 4.90. The van der Waals surface area contributed by atoms with Crippen LogP contribution in [0.25, 0.3) is 0 Å². The molecule has 2 aromatic rings. The van der Waals surface area contributed by atoms with Crippen LogP contribution in [-0.4, -0.2) is 29.7 Å². The van der Waals surface area contributed by atoms with E-state index >= 15 is 0 Å². The lowest BCUT2D eigenvalue weighted by molar-refractivity contribution is -0.384. The minimum atomic E-state index is -0.857. The molecule has 3 N–H and O–H groups in total. The van der Waals surface area contributed by atoms with Gasteiger partial charge in [0.05, 0.1) is 23.8 Å². The number of urea groups is 1. The number of nitro benzene ring substituents is 1. The Morgan fingerprint density at radius 3 is 2.62 bits per heavy atom. The Morgan fingerprint density at radius 2 is 2.00 bits per heavy atom. The van der Waals surface area contributed by atoms with Crippen LogP contribution in [0.3, 0.4) is 0 Å². The maximum Gasteiger partial charge on any atom is 0.319 e. The number of aliphatic hydroxyl groups is 1. The van der Waals surface area contributed by atoms with E-state index in [0.717, 1.165) is 0 Å². The molecule has 8 nitrogen and oxygen atoms in total. The molecule has 0 spiro atoms. The van der Waals surface area contributed by atoms with Crippen LogP contribution in [0.15, 0.2) is 48.5 Å². The fraction of sp³-hybridized carbons (Fsp3) is 0.188. The Balaban J connectivity index is 1.99. The number of carbonyl (C=O) groups excluding carboxylic acids is 1. The summed E-state index contributed by atoms with van der Waals surface area (Å²) in [6.45, 7) is -0.00686. The highest BCUT2D eigenvalue weighted by molar-refractivity contribution is 5.91. The third-order valence-corrected chi connectivity index (χ3v) is 3.28. The monoisotopic (exact) mass is 331 g/mol. The van der Waals surface area contributed by atoms with E-state index in [4.69, 9.17) is 4.74 Å². The molecule has 2 aromatic carbocycles. The summed E-state index contributed by atoms with van der Waals surface area (Å²) in [4.78, 5) is 22.2.